The molecule has 1 aliphatic rings. The molecule has 1 aromatic carbocycles. The van der Waals surface area contributed by atoms with Gasteiger partial charge in [-0.1, -0.05) is 41.8 Å². The van der Waals surface area contributed by atoms with Crippen molar-refractivity contribution in [1.82, 2.24) is 15.5 Å². The smallest absolute Gasteiger partial charge is 0.277 e. The van der Waals surface area contributed by atoms with Crippen molar-refractivity contribution < 1.29 is 9.21 Å². The number of hydrogen-bond acceptors (Lipinski definition) is 5. The number of carbonyl (C=O) groups excluding carboxylic acids is 1. The summed E-state index contributed by atoms with van der Waals surface area (Å²) in [5.74, 6) is 0.533. The lowest BCUT2D eigenvalue weighted by atomic mass is 10.1. The standard InChI is InChI=1S/C18H23N3O2S/c1-11-8-12(2)10-14(9-11)17-20-21-18(23-17)24-13(3)16(22)19-15-6-4-5-7-15/h8-10,13,15H,4-7H2,1-3H3,(H,19,22)/t13-/m0/s1. The molecule has 1 N–H and O–H groups in total. The van der Waals surface area contributed by atoms with Crippen molar-refractivity contribution in [3.63, 3.8) is 0 Å². The molecule has 0 spiro atoms. The number of aromatic nitrogens is 2. The number of thioether (sulfide) groups is 1. The van der Waals surface area contributed by atoms with Gasteiger partial charge in [0, 0.05) is 11.6 Å². The maximum absolute atomic E-state index is 12.2. The van der Waals surface area contributed by atoms with Crippen molar-refractivity contribution in [2.75, 3.05) is 0 Å². The molecule has 24 heavy (non-hydrogen) atoms. The average molecular weight is 345 g/mol. The topological polar surface area (TPSA) is 68.0 Å². The van der Waals surface area contributed by atoms with Gasteiger partial charge in [-0.2, -0.15) is 0 Å². The predicted octanol–water partition coefficient (Wildman–Crippen LogP) is 3.89. The molecule has 1 aromatic heterocycles. The van der Waals surface area contributed by atoms with Crippen LogP contribution in [0, 0.1) is 13.8 Å². The molecule has 5 nitrogen and oxygen atoms in total. The molecule has 6 heteroatoms. The third-order valence-electron chi connectivity index (χ3n) is 4.22. The minimum Gasteiger partial charge on any atom is -0.411 e. The van der Waals surface area contributed by atoms with E-state index in [-0.39, 0.29) is 11.2 Å². The number of carbonyl (C=O) groups is 1. The number of nitrogens with zero attached hydrogens (tertiary/aromatic N) is 2. The maximum Gasteiger partial charge on any atom is 0.277 e. The van der Waals surface area contributed by atoms with E-state index in [0.29, 0.717) is 17.2 Å². The number of rotatable bonds is 5. The van der Waals surface area contributed by atoms with Crippen LogP contribution in [0.5, 0.6) is 0 Å². The summed E-state index contributed by atoms with van der Waals surface area (Å²) in [6, 6.07) is 6.47. The molecule has 0 saturated heterocycles. The van der Waals surface area contributed by atoms with Gasteiger partial charge >= 0.3 is 0 Å². The van der Waals surface area contributed by atoms with Crippen LogP contribution in [0.1, 0.15) is 43.7 Å². The van der Waals surface area contributed by atoms with E-state index in [4.69, 9.17) is 4.42 Å². The van der Waals surface area contributed by atoms with E-state index in [9.17, 15) is 4.79 Å². The van der Waals surface area contributed by atoms with Crippen LogP contribution in [0.4, 0.5) is 0 Å². The van der Waals surface area contributed by atoms with Crippen molar-refractivity contribution in [1.29, 1.82) is 0 Å². The fraction of sp³-hybridized carbons (Fsp3) is 0.500. The van der Waals surface area contributed by atoms with Crippen LogP contribution in [0.25, 0.3) is 11.5 Å². The minimum atomic E-state index is -0.252. The minimum absolute atomic E-state index is 0.0399. The summed E-state index contributed by atoms with van der Waals surface area (Å²) in [4.78, 5) is 12.2. The van der Waals surface area contributed by atoms with Crippen LogP contribution in [0.15, 0.2) is 27.8 Å². The first kappa shape index (κ1) is 17.0. The van der Waals surface area contributed by atoms with Gasteiger partial charge in [-0.05, 0) is 45.7 Å². The molecule has 0 bridgehead atoms. The summed E-state index contributed by atoms with van der Waals surface area (Å²) in [7, 11) is 0. The normalized spacial score (nSPS) is 16.3. The van der Waals surface area contributed by atoms with Gasteiger partial charge in [0.15, 0.2) is 0 Å². The molecule has 2 aromatic rings. The van der Waals surface area contributed by atoms with Crippen molar-refractivity contribution in [3.8, 4) is 11.5 Å². The van der Waals surface area contributed by atoms with E-state index in [1.165, 1.54) is 24.6 Å². The van der Waals surface area contributed by atoms with Crippen molar-refractivity contribution >= 4 is 17.7 Å². The van der Waals surface area contributed by atoms with E-state index >= 15 is 0 Å². The van der Waals surface area contributed by atoms with E-state index in [2.05, 4.69) is 21.6 Å². The Bertz CT molecular complexity index is 703. The molecule has 128 valence electrons. The number of hydrogen-bond donors (Lipinski definition) is 1. The second-order valence-corrected chi connectivity index (χ2v) is 7.79. The maximum atomic E-state index is 12.2. The second kappa shape index (κ2) is 7.38. The largest absolute Gasteiger partial charge is 0.411 e. The molecule has 3 rings (SSSR count). The number of nitrogens with one attached hydrogen (secondary N) is 1. The van der Waals surface area contributed by atoms with Gasteiger partial charge in [-0.25, -0.2) is 0 Å². The molecular formula is C18H23N3O2S. The lowest BCUT2D eigenvalue weighted by Crippen LogP contribution is -2.37. The van der Waals surface area contributed by atoms with Crippen molar-refractivity contribution in [3.05, 3.63) is 29.3 Å². The SMILES string of the molecule is Cc1cc(C)cc(-c2nnc(S[C@@H](C)C(=O)NC3CCCC3)o2)c1. The highest BCUT2D eigenvalue weighted by Crippen LogP contribution is 2.27. The summed E-state index contributed by atoms with van der Waals surface area (Å²) in [6.45, 7) is 5.95. The molecule has 1 atom stereocenters. The van der Waals surface area contributed by atoms with Gasteiger partial charge in [0.1, 0.15) is 0 Å². The van der Waals surface area contributed by atoms with Crippen LogP contribution < -0.4 is 5.32 Å². The van der Waals surface area contributed by atoms with Crippen LogP contribution in [0.2, 0.25) is 0 Å². The summed E-state index contributed by atoms with van der Waals surface area (Å²) in [5, 5.41) is 11.5. The van der Waals surface area contributed by atoms with Gasteiger partial charge in [0.2, 0.25) is 11.8 Å². The Hall–Kier alpha value is -1.82. The first-order chi connectivity index (χ1) is 11.5. The molecule has 1 fully saturated rings. The zero-order chi connectivity index (χ0) is 17.1. The Morgan fingerprint density at radius 2 is 1.88 bits per heavy atom. The fourth-order valence-corrected chi connectivity index (χ4v) is 3.76. The first-order valence-electron chi connectivity index (χ1n) is 8.40. The molecule has 1 saturated carbocycles. The Morgan fingerprint density at radius 1 is 1.21 bits per heavy atom. The molecule has 0 unspecified atom stereocenters. The van der Waals surface area contributed by atoms with E-state index < -0.39 is 0 Å². The summed E-state index contributed by atoms with van der Waals surface area (Å²) >= 11 is 1.31. The quantitative estimate of drug-likeness (QED) is 0.833. The molecule has 1 aliphatic carbocycles. The molecule has 0 radical (unpaired) electrons. The Balaban J connectivity index is 1.63. The molecule has 1 amide bonds. The van der Waals surface area contributed by atoms with Crippen molar-refractivity contribution in [2.45, 2.75) is 63.0 Å². The van der Waals surface area contributed by atoms with E-state index in [1.54, 1.807) is 0 Å². The van der Waals surface area contributed by atoms with Crippen LogP contribution in [-0.4, -0.2) is 27.4 Å². The lowest BCUT2D eigenvalue weighted by molar-refractivity contribution is -0.120. The molecule has 1 heterocycles. The van der Waals surface area contributed by atoms with Gasteiger partial charge < -0.3 is 9.73 Å². The van der Waals surface area contributed by atoms with Gasteiger partial charge in [0.25, 0.3) is 5.22 Å². The third kappa shape index (κ3) is 4.17. The van der Waals surface area contributed by atoms with Gasteiger partial charge in [-0.15, -0.1) is 10.2 Å². The monoisotopic (exact) mass is 345 g/mol. The third-order valence-corrected chi connectivity index (χ3v) is 5.16. The van der Waals surface area contributed by atoms with E-state index in [0.717, 1.165) is 29.5 Å². The first-order valence-corrected chi connectivity index (χ1v) is 9.28. The van der Waals surface area contributed by atoms with Crippen LogP contribution in [0.3, 0.4) is 0 Å². The summed E-state index contributed by atoms with van der Waals surface area (Å²) in [6.07, 6.45) is 4.58. The lowest BCUT2D eigenvalue weighted by Gasteiger charge is -2.14. The number of aryl methyl sites for hydroxylation is 2. The van der Waals surface area contributed by atoms with Crippen LogP contribution in [-0.2, 0) is 4.79 Å². The average Bonchev–Trinajstić information content (AvgIpc) is 3.18. The van der Waals surface area contributed by atoms with Gasteiger partial charge in [-0.3, -0.25) is 4.79 Å². The highest BCUT2D eigenvalue weighted by Gasteiger charge is 2.23. The second-order valence-electron chi connectivity index (χ2n) is 6.50. The Morgan fingerprint density at radius 3 is 2.54 bits per heavy atom. The molecule has 0 aliphatic heterocycles. The highest BCUT2D eigenvalue weighted by atomic mass is 32.2. The highest BCUT2D eigenvalue weighted by molar-refractivity contribution is 8.00. The molecular weight excluding hydrogens is 322 g/mol. The van der Waals surface area contributed by atoms with Crippen LogP contribution >= 0.6 is 11.8 Å². The van der Waals surface area contributed by atoms with Gasteiger partial charge in [0.05, 0.1) is 5.25 Å². The number of benzene rings is 1. The summed E-state index contributed by atoms with van der Waals surface area (Å²) < 4.78 is 5.73. The predicted molar refractivity (Wildman–Crippen MR) is 94.9 cm³/mol. The fourth-order valence-electron chi connectivity index (χ4n) is 3.07. The Labute approximate surface area is 146 Å². The van der Waals surface area contributed by atoms with Crippen molar-refractivity contribution in [2.24, 2.45) is 0 Å². The zero-order valence-corrected chi connectivity index (χ0v) is 15.2. The number of amides is 1. The summed E-state index contributed by atoms with van der Waals surface area (Å²) in [5.41, 5.74) is 3.22. The zero-order valence-electron chi connectivity index (χ0n) is 14.3. The van der Waals surface area contributed by atoms with E-state index in [1.807, 2.05) is 32.9 Å². The Kier molecular flexibility index (Phi) is 5.23.